The third-order valence-electron chi connectivity index (χ3n) is 9.36. The summed E-state index contributed by atoms with van der Waals surface area (Å²) in [5.41, 5.74) is -2.50. The van der Waals surface area contributed by atoms with E-state index >= 15 is 0 Å². The molecular weight excluding hydrogens is 432 g/mol. The molecule has 0 amide bonds. The molecule has 5 rings (SSSR count). The van der Waals surface area contributed by atoms with Gasteiger partial charge in [0.15, 0.2) is 5.78 Å². The first-order valence-electron chi connectivity index (χ1n) is 12.2. The number of ketones is 1. The van der Waals surface area contributed by atoms with Crippen LogP contribution in [0.25, 0.3) is 0 Å². The summed E-state index contributed by atoms with van der Waals surface area (Å²) in [5, 5.41) is 33.9. The lowest BCUT2D eigenvalue weighted by atomic mass is 9.60. The Morgan fingerprint density at radius 1 is 1.15 bits per heavy atom. The molecule has 4 aliphatic carbocycles. The predicted molar refractivity (Wildman–Crippen MR) is 125 cm³/mol. The molecule has 182 valence electrons. The number of fused-ring (bicyclic) bond motifs is 5. The van der Waals surface area contributed by atoms with Crippen molar-refractivity contribution in [1.82, 2.24) is 0 Å². The van der Waals surface area contributed by atoms with Crippen molar-refractivity contribution in [3.63, 3.8) is 0 Å². The second kappa shape index (κ2) is 7.36. The Labute approximate surface area is 200 Å². The van der Waals surface area contributed by atoms with E-state index in [4.69, 9.17) is 4.74 Å². The molecule has 6 heteroatoms. The smallest absolute Gasteiger partial charge is 0.310 e. The van der Waals surface area contributed by atoms with E-state index in [0.717, 1.165) is 5.56 Å². The molecule has 0 saturated heterocycles. The molecule has 0 aliphatic heterocycles. The number of aliphatic hydroxyl groups excluding tert-OH is 1. The summed E-state index contributed by atoms with van der Waals surface area (Å²) < 4.78 is 6.24. The number of hydrogen-bond donors (Lipinski definition) is 3. The second-order valence-corrected chi connectivity index (χ2v) is 11.5. The lowest BCUT2D eigenvalue weighted by molar-refractivity contribution is -0.186. The maximum atomic E-state index is 13.0. The van der Waals surface area contributed by atoms with Crippen LogP contribution in [0.5, 0.6) is 0 Å². The van der Waals surface area contributed by atoms with Crippen molar-refractivity contribution < 1.29 is 29.6 Å². The Bertz CT molecular complexity index is 1100. The van der Waals surface area contributed by atoms with Crippen molar-refractivity contribution in [1.29, 1.82) is 0 Å². The largest absolute Gasteiger partial charge is 0.458 e. The first kappa shape index (κ1) is 23.5. The van der Waals surface area contributed by atoms with Gasteiger partial charge in [0.25, 0.3) is 0 Å². The molecule has 0 aromatic heterocycles. The molecule has 0 heterocycles. The standard InChI is InChI=1S/C28H34O6/c1-16-10-21-26(32,24(16)31)14-19(15-29)11-20-23-25(3,4)27(23,13-17(2)28(20,21)33)34-22(30)12-18-8-6-5-7-9-18/h5-11,17,20-21,23,29,32-33H,12-15H2,1-4H3/t17-,20+,21-,23-,26-,27?,28-/m1/s1. The minimum absolute atomic E-state index is 0.0136. The summed E-state index contributed by atoms with van der Waals surface area (Å²) in [6.45, 7) is 7.37. The molecule has 3 N–H and O–H groups in total. The summed E-state index contributed by atoms with van der Waals surface area (Å²) in [5.74, 6) is -2.52. The molecule has 2 fully saturated rings. The zero-order valence-corrected chi connectivity index (χ0v) is 20.2. The van der Waals surface area contributed by atoms with E-state index in [9.17, 15) is 24.9 Å². The number of carbonyl (C=O) groups excluding carboxylic acids is 2. The zero-order chi connectivity index (χ0) is 24.7. The summed E-state index contributed by atoms with van der Waals surface area (Å²) in [4.78, 5) is 26.0. The predicted octanol–water partition coefficient (Wildman–Crippen LogP) is 2.75. The molecule has 7 atom stereocenters. The van der Waals surface area contributed by atoms with Crippen molar-refractivity contribution in [3.8, 4) is 0 Å². The van der Waals surface area contributed by atoms with E-state index in [2.05, 4.69) is 13.8 Å². The molecule has 2 saturated carbocycles. The molecule has 34 heavy (non-hydrogen) atoms. The first-order valence-corrected chi connectivity index (χ1v) is 12.2. The van der Waals surface area contributed by atoms with Gasteiger partial charge < -0.3 is 20.1 Å². The van der Waals surface area contributed by atoms with Gasteiger partial charge in [-0.25, -0.2) is 0 Å². The lowest BCUT2D eigenvalue weighted by Gasteiger charge is -2.50. The molecule has 1 aromatic carbocycles. The highest BCUT2D eigenvalue weighted by Crippen LogP contribution is 2.76. The van der Waals surface area contributed by atoms with Crippen LogP contribution in [0.1, 0.15) is 46.1 Å². The van der Waals surface area contributed by atoms with Gasteiger partial charge in [-0.05, 0) is 36.0 Å². The van der Waals surface area contributed by atoms with Gasteiger partial charge >= 0.3 is 5.97 Å². The molecule has 1 aromatic rings. The van der Waals surface area contributed by atoms with E-state index < -0.39 is 34.1 Å². The van der Waals surface area contributed by atoms with Crippen molar-refractivity contribution in [2.75, 3.05) is 6.61 Å². The molecular formula is C28H34O6. The summed E-state index contributed by atoms with van der Waals surface area (Å²) in [6.07, 6.45) is 4.16. The van der Waals surface area contributed by atoms with E-state index in [0.29, 0.717) is 17.6 Å². The molecule has 0 spiro atoms. The Kier molecular flexibility index (Phi) is 5.08. The Morgan fingerprint density at radius 3 is 2.47 bits per heavy atom. The van der Waals surface area contributed by atoms with Crippen LogP contribution in [-0.2, 0) is 20.7 Å². The normalized spacial score (nSPS) is 41.9. The van der Waals surface area contributed by atoms with Crippen LogP contribution in [-0.4, -0.2) is 50.5 Å². The highest BCUT2D eigenvalue weighted by molar-refractivity contribution is 6.04. The Hall–Kier alpha value is -2.28. The number of esters is 1. The fourth-order valence-corrected chi connectivity index (χ4v) is 7.60. The van der Waals surface area contributed by atoms with Gasteiger partial charge in [0, 0.05) is 29.6 Å². The Balaban J connectivity index is 1.54. The fraction of sp³-hybridized carbons (Fsp3) is 0.571. The van der Waals surface area contributed by atoms with Crippen molar-refractivity contribution >= 4 is 11.8 Å². The molecule has 1 unspecified atom stereocenters. The minimum Gasteiger partial charge on any atom is -0.458 e. The van der Waals surface area contributed by atoms with Crippen LogP contribution in [0.4, 0.5) is 0 Å². The number of hydrogen-bond acceptors (Lipinski definition) is 6. The van der Waals surface area contributed by atoms with Gasteiger partial charge in [0.2, 0.25) is 0 Å². The van der Waals surface area contributed by atoms with Crippen molar-refractivity contribution in [2.24, 2.45) is 29.1 Å². The molecule has 6 nitrogen and oxygen atoms in total. The van der Waals surface area contributed by atoms with Gasteiger partial charge in [0.05, 0.1) is 18.6 Å². The van der Waals surface area contributed by atoms with Crippen LogP contribution in [0.3, 0.4) is 0 Å². The van der Waals surface area contributed by atoms with Crippen LogP contribution >= 0.6 is 0 Å². The average molecular weight is 467 g/mol. The summed E-state index contributed by atoms with van der Waals surface area (Å²) >= 11 is 0. The maximum absolute atomic E-state index is 13.0. The fourth-order valence-electron chi connectivity index (χ4n) is 7.60. The van der Waals surface area contributed by atoms with E-state index in [-0.39, 0.29) is 43.0 Å². The highest BCUT2D eigenvalue weighted by Gasteiger charge is 2.83. The van der Waals surface area contributed by atoms with Crippen LogP contribution in [0, 0.1) is 29.1 Å². The molecule has 4 aliphatic rings. The monoisotopic (exact) mass is 466 g/mol. The van der Waals surface area contributed by atoms with Crippen molar-refractivity contribution in [2.45, 2.75) is 63.8 Å². The minimum atomic E-state index is -1.78. The molecule has 0 radical (unpaired) electrons. The zero-order valence-electron chi connectivity index (χ0n) is 20.2. The quantitative estimate of drug-likeness (QED) is 0.466. The van der Waals surface area contributed by atoms with Crippen molar-refractivity contribution in [3.05, 3.63) is 59.2 Å². The number of ether oxygens (including phenoxy) is 1. The van der Waals surface area contributed by atoms with Gasteiger partial charge in [-0.15, -0.1) is 0 Å². The van der Waals surface area contributed by atoms with Gasteiger partial charge in [-0.2, -0.15) is 0 Å². The van der Waals surface area contributed by atoms with E-state index in [1.54, 1.807) is 13.0 Å². The summed E-state index contributed by atoms with van der Waals surface area (Å²) in [7, 11) is 0. The topological polar surface area (TPSA) is 104 Å². The van der Waals surface area contributed by atoms with Crippen LogP contribution in [0.2, 0.25) is 0 Å². The third-order valence-corrected chi connectivity index (χ3v) is 9.36. The van der Waals surface area contributed by atoms with Gasteiger partial charge in [-0.1, -0.05) is 63.3 Å². The number of Topliss-reactive ketones (excluding diaryl/α,β-unsaturated/α-hetero) is 1. The highest BCUT2D eigenvalue weighted by atomic mass is 16.6. The van der Waals surface area contributed by atoms with E-state index in [1.807, 2.05) is 43.3 Å². The van der Waals surface area contributed by atoms with Gasteiger partial charge in [0.1, 0.15) is 11.2 Å². The lowest BCUT2D eigenvalue weighted by Crippen LogP contribution is -2.61. The molecule has 0 bridgehead atoms. The van der Waals surface area contributed by atoms with Crippen LogP contribution in [0.15, 0.2) is 53.6 Å². The maximum Gasteiger partial charge on any atom is 0.310 e. The third kappa shape index (κ3) is 2.91. The van der Waals surface area contributed by atoms with E-state index in [1.165, 1.54) is 0 Å². The average Bonchev–Trinajstić information content (AvgIpc) is 3.18. The van der Waals surface area contributed by atoms with Gasteiger partial charge in [-0.3, -0.25) is 9.59 Å². The first-order chi connectivity index (χ1) is 15.9. The number of rotatable bonds is 4. The number of benzene rings is 1. The second-order valence-electron chi connectivity index (χ2n) is 11.5. The number of aliphatic hydroxyl groups is 3. The number of carbonyl (C=O) groups is 2. The van der Waals surface area contributed by atoms with Crippen LogP contribution < -0.4 is 0 Å². The SMILES string of the molecule is CC1=C[C@H]2[C@@]3(O)[C@H](C)CC4(OC(=O)Cc5ccccc5)[C@H]([C@@H]3C=C(CO)C[C@]2(O)C1=O)C4(C)C. The summed E-state index contributed by atoms with van der Waals surface area (Å²) in [6, 6.07) is 9.47. The Morgan fingerprint density at radius 2 is 1.82 bits per heavy atom.